The molecule has 1 amide bonds. The second-order valence-corrected chi connectivity index (χ2v) is 4.99. The number of aryl methyl sites for hydroxylation is 2. The Kier molecular flexibility index (Phi) is 3.69. The van der Waals surface area contributed by atoms with Crippen LogP contribution in [0.1, 0.15) is 47.1 Å². The van der Waals surface area contributed by atoms with E-state index in [0.717, 1.165) is 11.3 Å². The number of amides is 1. The first kappa shape index (κ1) is 13.3. The number of hydrogen-bond donors (Lipinski definition) is 1. The number of benzene rings is 1. The van der Waals surface area contributed by atoms with Crippen molar-refractivity contribution >= 4 is 11.6 Å². The second-order valence-electron chi connectivity index (χ2n) is 4.99. The lowest BCUT2D eigenvalue weighted by atomic mass is 10.0. The minimum Gasteiger partial charge on any atom is -0.360 e. The third kappa shape index (κ3) is 2.84. The molecule has 0 radical (unpaired) electrons. The Balaban J connectivity index is 2.28. The highest BCUT2D eigenvalue weighted by Crippen LogP contribution is 2.23. The lowest BCUT2D eigenvalue weighted by Gasteiger charge is -2.07. The van der Waals surface area contributed by atoms with Gasteiger partial charge >= 0.3 is 0 Å². The molecular formula is C15H18N2O2. The molecule has 1 heterocycles. The molecule has 0 spiro atoms. The maximum absolute atomic E-state index is 12.3. The summed E-state index contributed by atoms with van der Waals surface area (Å²) >= 11 is 0. The van der Waals surface area contributed by atoms with Gasteiger partial charge in [0, 0.05) is 11.6 Å². The molecule has 4 heteroatoms. The van der Waals surface area contributed by atoms with Gasteiger partial charge in [-0.15, -0.1) is 0 Å². The highest BCUT2D eigenvalue weighted by Gasteiger charge is 2.22. The number of nitrogens with one attached hydrogen (secondary N) is 1. The van der Waals surface area contributed by atoms with Gasteiger partial charge in [-0.25, -0.2) is 0 Å². The minimum atomic E-state index is -0.173. The fraction of sp³-hybridized carbons (Fsp3) is 0.333. The van der Waals surface area contributed by atoms with E-state index in [1.807, 2.05) is 45.0 Å². The molecule has 2 rings (SSSR count). The van der Waals surface area contributed by atoms with Gasteiger partial charge in [-0.05, 0) is 31.5 Å². The topological polar surface area (TPSA) is 55.1 Å². The SMILES string of the molecule is Cc1cccc(NC(=O)c2c(C)noc2C(C)C)c1. The predicted octanol–water partition coefficient (Wildman–Crippen LogP) is 3.67. The summed E-state index contributed by atoms with van der Waals surface area (Å²) in [7, 11) is 0. The standard InChI is InChI=1S/C15H18N2O2/c1-9(2)14-13(11(4)17-19-14)15(18)16-12-7-5-6-10(3)8-12/h5-9H,1-4H3,(H,16,18). The molecule has 1 aromatic carbocycles. The van der Waals surface area contributed by atoms with Gasteiger partial charge in [0.25, 0.3) is 5.91 Å². The van der Waals surface area contributed by atoms with Crippen molar-refractivity contribution in [1.82, 2.24) is 5.16 Å². The van der Waals surface area contributed by atoms with E-state index in [9.17, 15) is 4.79 Å². The molecule has 0 saturated carbocycles. The van der Waals surface area contributed by atoms with Gasteiger partial charge in [0.1, 0.15) is 5.56 Å². The normalized spacial score (nSPS) is 10.8. The summed E-state index contributed by atoms with van der Waals surface area (Å²) in [4.78, 5) is 12.3. The van der Waals surface area contributed by atoms with Crippen LogP contribution < -0.4 is 5.32 Å². The van der Waals surface area contributed by atoms with E-state index in [4.69, 9.17) is 4.52 Å². The van der Waals surface area contributed by atoms with Gasteiger partial charge in [-0.3, -0.25) is 4.79 Å². The molecule has 0 saturated heterocycles. The van der Waals surface area contributed by atoms with E-state index < -0.39 is 0 Å². The number of carbonyl (C=O) groups is 1. The van der Waals surface area contributed by atoms with E-state index in [2.05, 4.69) is 10.5 Å². The van der Waals surface area contributed by atoms with Gasteiger partial charge in [-0.2, -0.15) is 0 Å². The van der Waals surface area contributed by atoms with E-state index in [-0.39, 0.29) is 11.8 Å². The van der Waals surface area contributed by atoms with E-state index in [0.29, 0.717) is 17.0 Å². The van der Waals surface area contributed by atoms with E-state index in [1.165, 1.54) is 0 Å². The summed E-state index contributed by atoms with van der Waals surface area (Å²) in [5, 5.41) is 6.76. The first-order valence-corrected chi connectivity index (χ1v) is 6.33. The monoisotopic (exact) mass is 258 g/mol. The maximum atomic E-state index is 12.3. The summed E-state index contributed by atoms with van der Waals surface area (Å²) in [6, 6.07) is 7.69. The Hall–Kier alpha value is -2.10. The van der Waals surface area contributed by atoms with Crippen molar-refractivity contribution in [1.29, 1.82) is 0 Å². The Labute approximate surface area is 112 Å². The number of anilines is 1. The van der Waals surface area contributed by atoms with Crippen LogP contribution in [0.2, 0.25) is 0 Å². The van der Waals surface area contributed by atoms with Gasteiger partial charge < -0.3 is 9.84 Å². The average molecular weight is 258 g/mol. The van der Waals surface area contributed by atoms with Crippen LogP contribution in [0.25, 0.3) is 0 Å². The number of rotatable bonds is 3. The van der Waals surface area contributed by atoms with Gasteiger partial charge in [0.15, 0.2) is 5.76 Å². The molecule has 0 bridgehead atoms. The van der Waals surface area contributed by atoms with Gasteiger partial charge in [0.2, 0.25) is 0 Å². The van der Waals surface area contributed by atoms with Crippen LogP contribution in [0.4, 0.5) is 5.69 Å². The van der Waals surface area contributed by atoms with Crippen molar-refractivity contribution in [2.45, 2.75) is 33.6 Å². The highest BCUT2D eigenvalue weighted by atomic mass is 16.5. The fourth-order valence-electron chi connectivity index (χ4n) is 1.97. The number of aromatic nitrogens is 1. The molecule has 1 aromatic heterocycles. The molecular weight excluding hydrogens is 240 g/mol. The molecule has 0 aliphatic carbocycles. The number of nitrogens with zero attached hydrogens (tertiary/aromatic N) is 1. The summed E-state index contributed by atoms with van der Waals surface area (Å²) in [6.45, 7) is 7.72. The van der Waals surface area contributed by atoms with Crippen molar-refractivity contribution in [2.24, 2.45) is 0 Å². The molecule has 19 heavy (non-hydrogen) atoms. The summed E-state index contributed by atoms with van der Waals surface area (Å²) in [5.41, 5.74) is 3.04. The van der Waals surface area contributed by atoms with Crippen LogP contribution in [0.15, 0.2) is 28.8 Å². The van der Waals surface area contributed by atoms with Crippen LogP contribution in [-0.2, 0) is 0 Å². The Bertz CT molecular complexity index is 600. The third-order valence-corrected chi connectivity index (χ3v) is 2.92. The van der Waals surface area contributed by atoms with Gasteiger partial charge in [-0.1, -0.05) is 31.1 Å². The zero-order chi connectivity index (χ0) is 14.0. The molecule has 4 nitrogen and oxygen atoms in total. The Morgan fingerprint density at radius 3 is 2.68 bits per heavy atom. The Morgan fingerprint density at radius 2 is 2.05 bits per heavy atom. The zero-order valence-corrected chi connectivity index (χ0v) is 11.7. The molecule has 0 unspecified atom stereocenters. The van der Waals surface area contributed by atoms with Crippen molar-refractivity contribution in [2.75, 3.05) is 5.32 Å². The van der Waals surface area contributed by atoms with Crippen LogP contribution in [0.5, 0.6) is 0 Å². The first-order valence-electron chi connectivity index (χ1n) is 6.33. The van der Waals surface area contributed by atoms with Crippen molar-refractivity contribution in [3.8, 4) is 0 Å². The van der Waals surface area contributed by atoms with Crippen molar-refractivity contribution < 1.29 is 9.32 Å². The third-order valence-electron chi connectivity index (χ3n) is 2.92. The number of carbonyl (C=O) groups excluding carboxylic acids is 1. The average Bonchev–Trinajstić information content (AvgIpc) is 2.71. The highest BCUT2D eigenvalue weighted by molar-refractivity contribution is 6.05. The van der Waals surface area contributed by atoms with Gasteiger partial charge in [0.05, 0.1) is 5.69 Å². The lowest BCUT2D eigenvalue weighted by molar-refractivity contribution is 0.102. The van der Waals surface area contributed by atoms with Crippen LogP contribution in [0, 0.1) is 13.8 Å². The second kappa shape index (κ2) is 5.26. The van der Waals surface area contributed by atoms with Crippen molar-refractivity contribution in [3.05, 3.63) is 46.8 Å². The number of hydrogen-bond acceptors (Lipinski definition) is 3. The molecule has 0 atom stereocenters. The molecule has 0 aliphatic rings. The van der Waals surface area contributed by atoms with E-state index in [1.54, 1.807) is 6.92 Å². The molecule has 2 aromatic rings. The largest absolute Gasteiger partial charge is 0.360 e. The summed E-state index contributed by atoms with van der Waals surface area (Å²) < 4.78 is 5.23. The fourth-order valence-corrected chi connectivity index (χ4v) is 1.97. The molecule has 0 aliphatic heterocycles. The summed E-state index contributed by atoms with van der Waals surface area (Å²) in [5.74, 6) is 0.579. The molecule has 1 N–H and O–H groups in total. The molecule has 100 valence electrons. The van der Waals surface area contributed by atoms with Crippen molar-refractivity contribution in [3.63, 3.8) is 0 Å². The summed E-state index contributed by atoms with van der Waals surface area (Å²) in [6.07, 6.45) is 0. The first-order chi connectivity index (χ1) is 8.99. The quantitative estimate of drug-likeness (QED) is 0.913. The Morgan fingerprint density at radius 1 is 1.32 bits per heavy atom. The minimum absolute atomic E-state index is 0.124. The van der Waals surface area contributed by atoms with Crippen LogP contribution in [0.3, 0.4) is 0 Å². The maximum Gasteiger partial charge on any atom is 0.261 e. The lowest BCUT2D eigenvalue weighted by Crippen LogP contribution is -2.14. The van der Waals surface area contributed by atoms with Crippen LogP contribution >= 0.6 is 0 Å². The zero-order valence-electron chi connectivity index (χ0n) is 11.7. The van der Waals surface area contributed by atoms with E-state index >= 15 is 0 Å². The molecule has 0 fully saturated rings. The van der Waals surface area contributed by atoms with Crippen LogP contribution in [-0.4, -0.2) is 11.1 Å². The smallest absolute Gasteiger partial charge is 0.261 e. The predicted molar refractivity (Wildman–Crippen MR) is 74.5 cm³/mol.